The van der Waals surface area contributed by atoms with Gasteiger partial charge in [0.2, 0.25) is 0 Å². The van der Waals surface area contributed by atoms with E-state index in [0.717, 1.165) is 11.3 Å². The molecule has 0 aromatic heterocycles. The quantitative estimate of drug-likeness (QED) is 0.511. The highest BCUT2D eigenvalue weighted by Crippen LogP contribution is 2.21. The Morgan fingerprint density at radius 2 is 1.74 bits per heavy atom. The van der Waals surface area contributed by atoms with Crippen molar-refractivity contribution in [2.24, 2.45) is 5.16 Å². The monoisotopic (exact) mass is 440 g/mol. The molecule has 1 aliphatic heterocycles. The molecule has 0 fully saturated rings. The molecule has 1 aliphatic rings. The summed E-state index contributed by atoms with van der Waals surface area (Å²) in [5.74, 6) is -1.25. The first-order valence-electron chi connectivity index (χ1n) is 9.76. The maximum Gasteiger partial charge on any atom is 0.254 e. The van der Waals surface area contributed by atoms with Crippen LogP contribution in [0.3, 0.4) is 0 Å². The van der Waals surface area contributed by atoms with Gasteiger partial charge >= 0.3 is 0 Å². The largest absolute Gasteiger partial charge is 0.390 e. The first-order chi connectivity index (χ1) is 15.0. The second-order valence-electron chi connectivity index (χ2n) is 7.30. The van der Waals surface area contributed by atoms with Crippen molar-refractivity contribution in [3.63, 3.8) is 0 Å². The number of halogens is 3. The lowest BCUT2D eigenvalue weighted by Gasteiger charge is -2.25. The molecular formula is C24H19ClF2N2O2. The van der Waals surface area contributed by atoms with Gasteiger partial charge in [-0.1, -0.05) is 47.1 Å². The molecule has 0 saturated heterocycles. The zero-order valence-corrected chi connectivity index (χ0v) is 17.2. The molecule has 0 saturated carbocycles. The van der Waals surface area contributed by atoms with E-state index in [1.54, 1.807) is 30.3 Å². The van der Waals surface area contributed by atoms with Gasteiger partial charge in [0.15, 0.2) is 6.10 Å². The van der Waals surface area contributed by atoms with Gasteiger partial charge in [0.25, 0.3) is 5.91 Å². The summed E-state index contributed by atoms with van der Waals surface area (Å²) in [4.78, 5) is 20.2. The zero-order valence-electron chi connectivity index (χ0n) is 16.5. The first kappa shape index (κ1) is 21.0. The summed E-state index contributed by atoms with van der Waals surface area (Å²) in [6.45, 7) is 0.371. The first-order valence-corrected chi connectivity index (χ1v) is 10.1. The van der Waals surface area contributed by atoms with Crippen LogP contribution in [-0.4, -0.2) is 29.2 Å². The van der Waals surface area contributed by atoms with E-state index in [-0.39, 0.29) is 36.5 Å². The molecule has 1 heterocycles. The third-order valence-electron chi connectivity index (χ3n) is 4.96. The minimum Gasteiger partial charge on any atom is -0.390 e. The predicted molar refractivity (Wildman–Crippen MR) is 115 cm³/mol. The lowest BCUT2D eigenvalue weighted by molar-refractivity contribution is 0.0404. The van der Waals surface area contributed by atoms with Gasteiger partial charge in [-0.3, -0.25) is 4.79 Å². The summed E-state index contributed by atoms with van der Waals surface area (Å²) in [5, 5.41) is 4.78. The van der Waals surface area contributed by atoms with Gasteiger partial charge in [0.1, 0.15) is 11.6 Å². The zero-order chi connectivity index (χ0) is 21.8. The Morgan fingerprint density at radius 1 is 1.03 bits per heavy atom. The Kier molecular flexibility index (Phi) is 6.28. The summed E-state index contributed by atoms with van der Waals surface area (Å²) in [6, 6.07) is 18.8. The minimum atomic E-state index is -0.498. The molecule has 0 bridgehead atoms. The molecule has 31 heavy (non-hydrogen) atoms. The van der Waals surface area contributed by atoms with Crippen molar-refractivity contribution < 1.29 is 18.4 Å². The maximum atomic E-state index is 13.7. The number of oxime groups is 1. The topological polar surface area (TPSA) is 41.9 Å². The average Bonchev–Trinajstić information content (AvgIpc) is 3.22. The Labute approximate surface area is 183 Å². The molecule has 0 spiro atoms. The summed E-state index contributed by atoms with van der Waals surface area (Å²) in [6.07, 6.45) is 0.120. The fraction of sp³-hybridized carbons (Fsp3) is 0.167. The van der Waals surface area contributed by atoms with Crippen molar-refractivity contribution in [3.05, 3.63) is 106 Å². The third-order valence-corrected chi connectivity index (χ3v) is 5.21. The fourth-order valence-electron chi connectivity index (χ4n) is 3.46. The van der Waals surface area contributed by atoms with Crippen molar-refractivity contribution in [2.45, 2.75) is 19.1 Å². The van der Waals surface area contributed by atoms with Gasteiger partial charge in [-0.15, -0.1) is 0 Å². The Balaban J connectivity index is 1.52. The van der Waals surface area contributed by atoms with Crippen LogP contribution in [0.5, 0.6) is 0 Å². The van der Waals surface area contributed by atoms with Gasteiger partial charge in [-0.2, -0.15) is 0 Å². The standard InChI is InChI=1S/C24H19ClF2N2O2/c25-19-9-7-17(8-10-19)23-13-22(31-28-23)15-29(14-16-3-1-5-20(26)11-16)24(30)18-4-2-6-21(27)12-18/h1-12,22H,13-15H2/t22-/m1/s1. The minimum absolute atomic E-state index is 0.156. The second-order valence-corrected chi connectivity index (χ2v) is 7.74. The number of hydrogen-bond donors (Lipinski definition) is 0. The third kappa shape index (κ3) is 5.27. The average molecular weight is 441 g/mol. The number of carbonyl (C=O) groups is 1. The van der Waals surface area contributed by atoms with Gasteiger partial charge in [-0.25, -0.2) is 8.78 Å². The smallest absolute Gasteiger partial charge is 0.254 e. The van der Waals surface area contributed by atoms with E-state index in [1.807, 2.05) is 12.1 Å². The molecular weight excluding hydrogens is 422 g/mol. The lowest BCUT2D eigenvalue weighted by Crippen LogP contribution is -2.37. The molecule has 1 atom stereocenters. The van der Waals surface area contributed by atoms with Crippen LogP contribution < -0.4 is 0 Å². The van der Waals surface area contributed by atoms with Crippen LogP contribution in [-0.2, 0) is 11.4 Å². The summed E-state index contributed by atoms with van der Waals surface area (Å²) >= 11 is 5.94. The molecule has 0 N–H and O–H groups in total. The highest BCUT2D eigenvalue weighted by Gasteiger charge is 2.27. The van der Waals surface area contributed by atoms with Crippen LogP contribution in [0.15, 0.2) is 78.0 Å². The van der Waals surface area contributed by atoms with Gasteiger partial charge in [-0.05, 0) is 53.6 Å². The molecule has 3 aromatic rings. The number of nitrogens with zero attached hydrogens (tertiary/aromatic N) is 2. The van der Waals surface area contributed by atoms with Crippen molar-refractivity contribution in [2.75, 3.05) is 6.54 Å². The Bertz CT molecular complexity index is 1120. The van der Waals surface area contributed by atoms with Gasteiger partial charge in [0.05, 0.1) is 12.3 Å². The normalized spacial score (nSPS) is 15.3. The number of hydrogen-bond acceptors (Lipinski definition) is 3. The Morgan fingerprint density at radius 3 is 2.45 bits per heavy atom. The summed E-state index contributed by atoms with van der Waals surface area (Å²) in [5.41, 5.74) is 2.49. The van der Waals surface area contributed by atoms with Crippen LogP contribution in [0.1, 0.15) is 27.9 Å². The molecule has 0 aliphatic carbocycles. The number of amides is 1. The van der Waals surface area contributed by atoms with E-state index in [4.69, 9.17) is 16.4 Å². The molecule has 0 radical (unpaired) electrons. The van der Waals surface area contributed by atoms with Crippen molar-refractivity contribution in [1.82, 2.24) is 4.90 Å². The van der Waals surface area contributed by atoms with Gasteiger partial charge in [0, 0.05) is 23.6 Å². The number of carbonyl (C=O) groups excluding carboxylic acids is 1. The Hall–Kier alpha value is -3.25. The molecule has 0 unspecified atom stereocenters. The molecule has 3 aromatic carbocycles. The second kappa shape index (κ2) is 9.27. The van der Waals surface area contributed by atoms with Crippen LogP contribution in [0.4, 0.5) is 8.78 Å². The van der Waals surface area contributed by atoms with Crippen molar-refractivity contribution >= 4 is 23.2 Å². The van der Waals surface area contributed by atoms with Gasteiger partial charge < -0.3 is 9.74 Å². The van der Waals surface area contributed by atoms with Crippen molar-refractivity contribution in [3.8, 4) is 0 Å². The molecule has 158 valence electrons. The molecule has 4 nitrogen and oxygen atoms in total. The molecule has 1 amide bonds. The molecule has 7 heteroatoms. The number of benzene rings is 3. The van der Waals surface area contributed by atoms with Crippen LogP contribution >= 0.6 is 11.6 Å². The fourth-order valence-corrected chi connectivity index (χ4v) is 3.59. The highest BCUT2D eigenvalue weighted by molar-refractivity contribution is 6.30. The van der Waals surface area contributed by atoms with E-state index in [2.05, 4.69) is 5.16 Å². The van der Waals surface area contributed by atoms with Crippen molar-refractivity contribution in [1.29, 1.82) is 0 Å². The summed E-state index contributed by atoms with van der Waals surface area (Å²) in [7, 11) is 0. The molecule has 4 rings (SSSR count). The maximum absolute atomic E-state index is 13.7. The lowest BCUT2D eigenvalue weighted by atomic mass is 10.0. The van der Waals surface area contributed by atoms with E-state index in [9.17, 15) is 13.6 Å². The summed E-state index contributed by atoms with van der Waals surface area (Å²) < 4.78 is 27.3. The van der Waals surface area contributed by atoms with E-state index >= 15 is 0 Å². The van der Waals surface area contributed by atoms with Crippen LogP contribution in [0, 0.1) is 11.6 Å². The van der Waals surface area contributed by atoms with E-state index < -0.39 is 5.82 Å². The number of rotatable bonds is 6. The van der Waals surface area contributed by atoms with E-state index in [0.29, 0.717) is 17.0 Å². The highest BCUT2D eigenvalue weighted by atomic mass is 35.5. The SMILES string of the molecule is O=C(c1cccc(F)c1)N(Cc1cccc(F)c1)C[C@H]1CC(c2ccc(Cl)cc2)=NO1. The van der Waals surface area contributed by atoms with E-state index in [1.165, 1.54) is 35.2 Å². The predicted octanol–water partition coefficient (Wildman–Crippen LogP) is 5.45. The van der Waals surface area contributed by atoms with Crippen LogP contribution in [0.25, 0.3) is 0 Å². The van der Waals surface area contributed by atoms with Crippen LogP contribution in [0.2, 0.25) is 5.02 Å².